The summed E-state index contributed by atoms with van der Waals surface area (Å²) in [5.41, 5.74) is 3.80. The van der Waals surface area contributed by atoms with Gasteiger partial charge in [0.05, 0.1) is 20.5 Å². The molecular formula is C32H46BClN2O2. The van der Waals surface area contributed by atoms with E-state index in [0.717, 1.165) is 35.3 Å². The maximum absolute atomic E-state index is 5.72. The van der Waals surface area contributed by atoms with Crippen molar-refractivity contribution >= 4 is 29.2 Å². The first-order valence-electron chi connectivity index (χ1n) is 14.2. The Morgan fingerprint density at radius 2 is 1.32 bits per heavy atom. The second-order valence-corrected chi connectivity index (χ2v) is 9.87. The van der Waals surface area contributed by atoms with Gasteiger partial charge in [0.25, 0.3) is 0 Å². The molecule has 3 rings (SSSR count). The van der Waals surface area contributed by atoms with Gasteiger partial charge in [0.2, 0.25) is 6.71 Å². The number of benzene rings is 2. The first kappa shape index (κ1) is 31.6. The Balaban J connectivity index is 0.000000273. The molecule has 6 heteroatoms. The number of imidazole rings is 1. The summed E-state index contributed by atoms with van der Waals surface area (Å²) < 4.78 is 13.2. The summed E-state index contributed by atoms with van der Waals surface area (Å²) in [5, 5.41) is 0. The van der Waals surface area contributed by atoms with Gasteiger partial charge in [0.1, 0.15) is 11.5 Å². The summed E-state index contributed by atoms with van der Waals surface area (Å²) in [5.74, 6) is 1.74. The fraction of sp³-hybridized carbons (Fsp3) is 0.469. The smallest absolute Gasteiger partial charge is 0.222 e. The van der Waals surface area contributed by atoms with E-state index in [1.54, 1.807) is 19.8 Å². The number of methoxy groups -OCH3 is 2. The number of hydrogen-bond acceptors (Lipinski definition) is 3. The molecular weight excluding hydrogens is 491 g/mol. The zero-order valence-electron chi connectivity index (χ0n) is 23.7. The molecule has 206 valence electrons. The zero-order valence-corrected chi connectivity index (χ0v) is 24.4. The lowest BCUT2D eigenvalue weighted by Gasteiger charge is -2.18. The molecule has 0 radical (unpaired) electrons. The molecule has 0 N–H and O–H groups in total. The van der Waals surface area contributed by atoms with Gasteiger partial charge in [-0.3, -0.25) is 0 Å². The summed E-state index contributed by atoms with van der Waals surface area (Å²) in [6.45, 7) is 3.55. The average molecular weight is 537 g/mol. The number of halogens is 1. The van der Waals surface area contributed by atoms with Crippen LogP contribution in [0.3, 0.4) is 0 Å². The van der Waals surface area contributed by atoms with Gasteiger partial charge in [-0.1, -0.05) is 119 Å². The van der Waals surface area contributed by atoms with Gasteiger partial charge >= 0.3 is 0 Å². The van der Waals surface area contributed by atoms with E-state index in [-0.39, 0.29) is 6.71 Å². The summed E-state index contributed by atoms with van der Waals surface area (Å²) in [6, 6.07) is 16.1. The van der Waals surface area contributed by atoms with Crippen LogP contribution in [-0.2, 0) is 6.54 Å². The van der Waals surface area contributed by atoms with Gasteiger partial charge in [-0.2, -0.15) is 0 Å². The molecule has 0 saturated heterocycles. The van der Waals surface area contributed by atoms with Gasteiger partial charge in [0.15, 0.2) is 0 Å². The minimum Gasteiger partial charge on any atom is -0.497 e. The molecule has 0 saturated carbocycles. The molecule has 2 aromatic carbocycles. The van der Waals surface area contributed by atoms with Crippen LogP contribution in [0.4, 0.5) is 0 Å². The lowest BCUT2D eigenvalue weighted by Crippen LogP contribution is -2.42. The Morgan fingerprint density at radius 1 is 0.789 bits per heavy atom. The first-order chi connectivity index (χ1) is 18.7. The SMILES string of the molecule is CCCCCCCCCCCCn1ccnc1.COc1ccccc1B(CC=CCl)c1ccccc1OC. The third kappa shape index (κ3) is 11.8. The lowest BCUT2D eigenvalue weighted by molar-refractivity contribution is 0.417. The topological polar surface area (TPSA) is 36.3 Å². The quantitative estimate of drug-likeness (QED) is 0.130. The van der Waals surface area contributed by atoms with Crippen molar-refractivity contribution in [2.24, 2.45) is 0 Å². The standard InChI is InChI=1S/C17H18BClO2.C15H28N2/c1-20-16-10-5-3-8-14(16)18(12-7-13-19)15-9-4-6-11-17(15)21-2;1-2-3-4-5-6-7-8-9-10-11-13-17-14-12-16-15-17/h3-11,13H,12H2,1-2H3;12,14-15H,2-11,13H2,1H3. The number of nitrogens with zero attached hydrogens (tertiary/aromatic N) is 2. The first-order valence-corrected chi connectivity index (χ1v) is 14.7. The molecule has 0 aliphatic carbocycles. The van der Waals surface area contributed by atoms with Crippen molar-refractivity contribution in [1.82, 2.24) is 9.55 Å². The normalized spacial score (nSPS) is 10.7. The predicted octanol–water partition coefficient (Wildman–Crippen LogP) is 7.87. The van der Waals surface area contributed by atoms with Crippen LogP contribution in [0.2, 0.25) is 6.32 Å². The number of unbranched alkanes of at least 4 members (excludes halogenated alkanes) is 9. The van der Waals surface area contributed by atoms with Crippen molar-refractivity contribution in [2.45, 2.75) is 84.0 Å². The fourth-order valence-electron chi connectivity index (χ4n) is 4.72. The van der Waals surface area contributed by atoms with Crippen molar-refractivity contribution in [3.8, 4) is 11.5 Å². The van der Waals surface area contributed by atoms with E-state index < -0.39 is 0 Å². The minimum atomic E-state index is 0.132. The molecule has 38 heavy (non-hydrogen) atoms. The molecule has 0 bridgehead atoms. The van der Waals surface area contributed by atoms with E-state index in [1.165, 1.54) is 64.2 Å². The number of aromatic nitrogens is 2. The van der Waals surface area contributed by atoms with Crippen LogP contribution >= 0.6 is 11.6 Å². The van der Waals surface area contributed by atoms with E-state index in [1.807, 2.05) is 61.2 Å². The van der Waals surface area contributed by atoms with Crippen molar-refractivity contribution in [3.05, 3.63) is 78.9 Å². The molecule has 0 unspecified atom stereocenters. The third-order valence-corrected chi connectivity index (χ3v) is 7.00. The largest absolute Gasteiger partial charge is 0.497 e. The van der Waals surface area contributed by atoms with E-state index in [0.29, 0.717) is 0 Å². The van der Waals surface area contributed by atoms with E-state index >= 15 is 0 Å². The highest BCUT2D eigenvalue weighted by molar-refractivity contribution is 6.86. The van der Waals surface area contributed by atoms with E-state index in [2.05, 4.69) is 28.6 Å². The molecule has 0 aliphatic rings. The van der Waals surface area contributed by atoms with Gasteiger partial charge in [-0.25, -0.2) is 4.98 Å². The maximum Gasteiger partial charge on any atom is 0.222 e. The highest BCUT2D eigenvalue weighted by Crippen LogP contribution is 2.15. The van der Waals surface area contributed by atoms with Crippen LogP contribution in [0.15, 0.2) is 78.9 Å². The molecule has 0 atom stereocenters. The van der Waals surface area contributed by atoms with Gasteiger partial charge < -0.3 is 14.0 Å². The number of aryl methyl sites for hydroxylation is 1. The van der Waals surface area contributed by atoms with Crippen LogP contribution in [-0.4, -0.2) is 30.5 Å². The second kappa shape index (κ2) is 20.3. The molecule has 0 fully saturated rings. The van der Waals surface area contributed by atoms with E-state index in [4.69, 9.17) is 21.1 Å². The van der Waals surface area contributed by atoms with Crippen molar-refractivity contribution < 1.29 is 9.47 Å². The average Bonchev–Trinajstić information content (AvgIpc) is 3.49. The minimum absolute atomic E-state index is 0.132. The maximum atomic E-state index is 5.72. The Kier molecular flexibility index (Phi) is 16.9. The highest BCUT2D eigenvalue weighted by Gasteiger charge is 2.24. The molecule has 4 nitrogen and oxygen atoms in total. The van der Waals surface area contributed by atoms with E-state index in [9.17, 15) is 0 Å². The van der Waals surface area contributed by atoms with Crippen LogP contribution < -0.4 is 20.4 Å². The lowest BCUT2D eigenvalue weighted by atomic mass is 9.38. The van der Waals surface area contributed by atoms with Crippen molar-refractivity contribution in [3.63, 3.8) is 0 Å². The Bertz CT molecular complexity index is 963. The summed E-state index contributed by atoms with van der Waals surface area (Å²) in [7, 11) is 3.38. The van der Waals surface area contributed by atoms with Crippen LogP contribution in [0.25, 0.3) is 0 Å². The van der Waals surface area contributed by atoms with Crippen LogP contribution in [0.5, 0.6) is 11.5 Å². The summed E-state index contributed by atoms with van der Waals surface area (Å²) in [6.07, 6.45) is 22.6. The zero-order chi connectivity index (χ0) is 27.3. The Morgan fingerprint density at radius 3 is 1.79 bits per heavy atom. The van der Waals surface area contributed by atoms with Gasteiger partial charge in [-0.05, 0) is 41.3 Å². The molecule has 1 heterocycles. The number of ether oxygens (including phenoxy) is 2. The molecule has 0 amide bonds. The van der Waals surface area contributed by atoms with Crippen LogP contribution in [0.1, 0.15) is 71.1 Å². The van der Waals surface area contributed by atoms with Gasteiger partial charge in [-0.15, -0.1) is 0 Å². The summed E-state index contributed by atoms with van der Waals surface area (Å²) in [4.78, 5) is 4.05. The Hall–Kier alpha value is -2.66. The number of para-hydroxylation sites is 2. The Labute approximate surface area is 236 Å². The predicted molar refractivity (Wildman–Crippen MR) is 165 cm³/mol. The van der Waals surface area contributed by atoms with Crippen LogP contribution in [0, 0.1) is 0 Å². The highest BCUT2D eigenvalue weighted by atomic mass is 35.5. The number of rotatable bonds is 17. The molecule has 0 spiro atoms. The van der Waals surface area contributed by atoms with Gasteiger partial charge in [0, 0.05) is 18.9 Å². The number of hydrogen-bond donors (Lipinski definition) is 0. The summed E-state index contributed by atoms with van der Waals surface area (Å²) >= 11 is 5.72. The second-order valence-electron chi connectivity index (χ2n) is 9.62. The van der Waals surface area contributed by atoms with Crippen molar-refractivity contribution in [2.75, 3.05) is 14.2 Å². The van der Waals surface area contributed by atoms with Crippen molar-refractivity contribution in [1.29, 1.82) is 0 Å². The number of allylic oxidation sites excluding steroid dienone is 1. The molecule has 0 aliphatic heterocycles. The third-order valence-electron chi connectivity index (χ3n) is 6.82. The fourth-order valence-corrected chi connectivity index (χ4v) is 4.82. The monoisotopic (exact) mass is 536 g/mol. The molecule has 1 aromatic heterocycles. The molecule has 3 aromatic rings.